The summed E-state index contributed by atoms with van der Waals surface area (Å²) in [5.41, 5.74) is 8.53. The Balaban J connectivity index is 2.73. The van der Waals surface area contributed by atoms with E-state index in [2.05, 4.69) is 31.6 Å². The van der Waals surface area contributed by atoms with Crippen LogP contribution in [0.15, 0.2) is 11.3 Å². The molecule has 1 rings (SSSR count). The van der Waals surface area contributed by atoms with Crippen LogP contribution in [0.2, 0.25) is 0 Å². The third-order valence-corrected chi connectivity index (χ3v) is 1.86. The minimum absolute atomic E-state index is 0.201. The van der Waals surface area contributed by atoms with E-state index >= 15 is 0 Å². The highest BCUT2D eigenvalue weighted by molar-refractivity contribution is 5.85. The number of rotatable bonds is 3. The van der Waals surface area contributed by atoms with Gasteiger partial charge in [0, 0.05) is 31.1 Å². The molecular formula is C10H11N5O2. The smallest absolute Gasteiger partial charge is 0.374 e. The first-order valence-electron chi connectivity index (χ1n) is 4.80. The minimum atomic E-state index is -0.505. The average Bonchev–Trinajstić information content (AvgIpc) is 2.69. The summed E-state index contributed by atoms with van der Waals surface area (Å²) < 4.78 is 6.11. The fourth-order valence-corrected chi connectivity index (χ4v) is 1.11. The van der Waals surface area contributed by atoms with Crippen molar-refractivity contribution in [3.63, 3.8) is 0 Å². The molecule has 0 aliphatic rings. The third-order valence-electron chi connectivity index (χ3n) is 1.86. The number of methoxy groups -OCH3 is 1. The second-order valence-electron chi connectivity index (χ2n) is 3.06. The molecule has 17 heavy (non-hydrogen) atoms. The van der Waals surface area contributed by atoms with Crippen molar-refractivity contribution in [3.05, 3.63) is 28.2 Å². The molecule has 0 unspecified atom stereocenters. The largest absolute Gasteiger partial charge is 0.463 e. The lowest BCUT2D eigenvalue weighted by Gasteiger charge is -1.96. The molecule has 0 N–H and O–H groups in total. The van der Waals surface area contributed by atoms with Gasteiger partial charge in [-0.1, -0.05) is 11.0 Å². The number of carbonyl (C=O) groups excluding carboxylic acids is 1. The number of azide groups is 1. The highest BCUT2D eigenvalue weighted by Gasteiger charge is 2.12. The first-order valence-corrected chi connectivity index (χ1v) is 4.80. The van der Waals surface area contributed by atoms with Crippen LogP contribution in [0.4, 0.5) is 0 Å². The Morgan fingerprint density at radius 1 is 1.76 bits per heavy atom. The molecule has 0 fully saturated rings. The summed E-state index contributed by atoms with van der Waals surface area (Å²) >= 11 is 0. The van der Waals surface area contributed by atoms with Gasteiger partial charge in [-0.05, 0) is 11.5 Å². The van der Waals surface area contributed by atoms with Gasteiger partial charge in [-0.15, -0.1) is 0 Å². The summed E-state index contributed by atoms with van der Waals surface area (Å²) in [7, 11) is 2.98. The van der Waals surface area contributed by atoms with Crippen LogP contribution in [-0.4, -0.2) is 29.2 Å². The Labute approximate surface area is 98.0 Å². The Kier molecular flexibility index (Phi) is 4.60. The zero-order chi connectivity index (χ0) is 12.7. The van der Waals surface area contributed by atoms with Gasteiger partial charge in [0.25, 0.3) is 0 Å². The molecule has 0 amide bonds. The SMILES string of the molecule is COC(=O)c1nc(C#CCCN=[N+]=[N-])cn1C. The van der Waals surface area contributed by atoms with Crippen molar-refractivity contribution in [2.24, 2.45) is 12.2 Å². The molecular weight excluding hydrogens is 222 g/mol. The van der Waals surface area contributed by atoms with E-state index in [-0.39, 0.29) is 5.82 Å². The maximum Gasteiger partial charge on any atom is 0.374 e. The highest BCUT2D eigenvalue weighted by Crippen LogP contribution is 2.01. The van der Waals surface area contributed by atoms with Gasteiger partial charge in [-0.3, -0.25) is 0 Å². The zero-order valence-electron chi connectivity index (χ0n) is 9.54. The number of carbonyl (C=O) groups is 1. The highest BCUT2D eigenvalue weighted by atomic mass is 16.5. The Hall–Kier alpha value is -2.45. The number of esters is 1. The van der Waals surface area contributed by atoms with E-state index in [9.17, 15) is 4.79 Å². The topological polar surface area (TPSA) is 92.9 Å². The van der Waals surface area contributed by atoms with E-state index in [4.69, 9.17) is 5.53 Å². The van der Waals surface area contributed by atoms with Crippen LogP contribution in [0, 0.1) is 11.8 Å². The lowest BCUT2D eigenvalue weighted by Crippen LogP contribution is -2.08. The Bertz CT molecular complexity index is 517. The van der Waals surface area contributed by atoms with Gasteiger partial charge in [0.05, 0.1) is 7.11 Å². The molecule has 1 aromatic rings. The molecule has 0 bridgehead atoms. The van der Waals surface area contributed by atoms with Gasteiger partial charge in [-0.2, -0.15) is 0 Å². The predicted molar refractivity (Wildman–Crippen MR) is 60.1 cm³/mol. The van der Waals surface area contributed by atoms with Crippen LogP contribution in [0.25, 0.3) is 10.4 Å². The van der Waals surface area contributed by atoms with Crippen molar-refractivity contribution >= 4 is 5.97 Å². The first kappa shape index (κ1) is 12.6. The third kappa shape index (κ3) is 3.55. The summed E-state index contributed by atoms with van der Waals surface area (Å²) in [6, 6.07) is 0. The van der Waals surface area contributed by atoms with Crippen molar-refractivity contribution in [1.29, 1.82) is 0 Å². The molecule has 0 atom stereocenters. The maximum absolute atomic E-state index is 11.3. The number of ether oxygens (including phenoxy) is 1. The minimum Gasteiger partial charge on any atom is -0.463 e. The van der Waals surface area contributed by atoms with Gasteiger partial charge in [-0.25, -0.2) is 9.78 Å². The standard InChI is InChI=1S/C10H11N5O2/c1-15-7-8(5-3-4-6-12-14-11)13-9(15)10(16)17-2/h7H,4,6H2,1-2H3. The van der Waals surface area contributed by atoms with Gasteiger partial charge in [0.2, 0.25) is 5.82 Å². The maximum atomic E-state index is 11.3. The normalized spacial score (nSPS) is 8.82. The van der Waals surface area contributed by atoms with E-state index < -0.39 is 5.97 Å². The van der Waals surface area contributed by atoms with Crippen LogP contribution in [-0.2, 0) is 11.8 Å². The van der Waals surface area contributed by atoms with Crippen LogP contribution >= 0.6 is 0 Å². The van der Waals surface area contributed by atoms with Crippen molar-refractivity contribution in [3.8, 4) is 11.8 Å². The quantitative estimate of drug-likeness (QED) is 0.196. The Morgan fingerprint density at radius 2 is 2.53 bits per heavy atom. The summed E-state index contributed by atoms with van der Waals surface area (Å²) in [6.45, 7) is 0.320. The van der Waals surface area contributed by atoms with E-state index in [1.54, 1.807) is 17.8 Å². The summed E-state index contributed by atoms with van der Waals surface area (Å²) in [6.07, 6.45) is 2.08. The van der Waals surface area contributed by atoms with Crippen molar-refractivity contribution in [2.45, 2.75) is 6.42 Å². The fourth-order valence-electron chi connectivity index (χ4n) is 1.11. The summed E-state index contributed by atoms with van der Waals surface area (Å²) in [4.78, 5) is 17.9. The van der Waals surface area contributed by atoms with E-state index in [1.807, 2.05) is 0 Å². The molecule has 0 radical (unpaired) electrons. The van der Waals surface area contributed by atoms with Crippen LogP contribution < -0.4 is 0 Å². The molecule has 7 heteroatoms. The second kappa shape index (κ2) is 6.20. The number of hydrogen-bond donors (Lipinski definition) is 0. The lowest BCUT2D eigenvalue weighted by molar-refractivity contribution is 0.0582. The fraction of sp³-hybridized carbons (Fsp3) is 0.400. The molecule has 0 saturated carbocycles. The molecule has 7 nitrogen and oxygen atoms in total. The van der Waals surface area contributed by atoms with E-state index in [0.29, 0.717) is 18.7 Å². The molecule has 1 heterocycles. The molecule has 1 aromatic heterocycles. The second-order valence-corrected chi connectivity index (χ2v) is 3.06. The van der Waals surface area contributed by atoms with Crippen LogP contribution in [0.1, 0.15) is 22.7 Å². The lowest BCUT2D eigenvalue weighted by atomic mass is 10.4. The van der Waals surface area contributed by atoms with Gasteiger partial charge < -0.3 is 9.30 Å². The van der Waals surface area contributed by atoms with Crippen molar-refractivity contribution in [1.82, 2.24) is 9.55 Å². The molecule has 0 aromatic carbocycles. The van der Waals surface area contributed by atoms with Crippen molar-refractivity contribution < 1.29 is 9.53 Å². The number of imidazole rings is 1. The van der Waals surface area contributed by atoms with Gasteiger partial charge in [0.15, 0.2) is 0 Å². The summed E-state index contributed by atoms with van der Waals surface area (Å²) in [5.74, 6) is 5.26. The number of hydrogen-bond acceptors (Lipinski definition) is 4. The van der Waals surface area contributed by atoms with E-state index in [1.165, 1.54) is 7.11 Å². The molecule has 88 valence electrons. The average molecular weight is 233 g/mol. The number of aryl methyl sites for hydroxylation is 1. The molecule has 0 aliphatic heterocycles. The van der Waals surface area contributed by atoms with E-state index in [0.717, 1.165) is 0 Å². The van der Waals surface area contributed by atoms with Crippen LogP contribution in [0.3, 0.4) is 0 Å². The zero-order valence-corrected chi connectivity index (χ0v) is 9.54. The monoisotopic (exact) mass is 233 g/mol. The molecule has 0 spiro atoms. The number of aromatic nitrogens is 2. The molecule has 0 aliphatic carbocycles. The first-order chi connectivity index (χ1) is 8.19. The van der Waals surface area contributed by atoms with Gasteiger partial charge in [0.1, 0.15) is 5.69 Å². The predicted octanol–water partition coefficient (Wildman–Crippen LogP) is 1.26. The Morgan fingerprint density at radius 3 is 3.18 bits per heavy atom. The molecule has 0 saturated heterocycles. The van der Waals surface area contributed by atoms with Gasteiger partial charge >= 0.3 is 5.97 Å². The number of nitrogens with zero attached hydrogens (tertiary/aromatic N) is 5. The summed E-state index contributed by atoms with van der Waals surface area (Å²) in [5, 5.41) is 3.35. The van der Waals surface area contributed by atoms with Crippen LogP contribution in [0.5, 0.6) is 0 Å². The van der Waals surface area contributed by atoms with Crippen molar-refractivity contribution in [2.75, 3.05) is 13.7 Å².